The smallest absolute Gasteiger partial charge is 0.338 e. The molecule has 8 heteroatoms. The van der Waals surface area contributed by atoms with Crippen molar-refractivity contribution in [3.8, 4) is 5.75 Å². The summed E-state index contributed by atoms with van der Waals surface area (Å²) in [6, 6.07) is 15.3. The van der Waals surface area contributed by atoms with Gasteiger partial charge in [-0.05, 0) is 66.9 Å². The Morgan fingerprint density at radius 1 is 1.13 bits per heavy atom. The maximum Gasteiger partial charge on any atom is 0.338 e. The molecule has 0 fully saturated rings. The molecule has 31 heavy (non-hydrogen) atoms. The zero-order chi connectivity index (χ0) is 22.0. The molecule has 0 bridgehead atoms. The van der Waals surface area contributed by atoms with E-state index in [4.69, 9.17) is 9.47 Å². The van der Waals surface area contributed by atoms with E-state index < -0.39 is 12.0 Å². The summed E-state index contributed by atoms with van der Waals surface area (Å²) in [5, 5.41) is 14.9. The third kappa shape index (κ3) is 4.28. The molecule has 4 rings (SSSR count). The highest BCUT2D eigenvalue weighted by Gasteiger charge is 2.35. The minimum absolute atomic E-state index is 0.235. The van der Waals surface area contributed by atoms with Crippen LogP contribution in [0.2, 0.25) is 0 Å². The number of nitrogens with zero attached hydrogens (tertiary/aromatic N) is 4. The molecule has 1 atom stereocenters. The second kappa shape index (κ2) is 8.59. The van der Waals surface area contributed by atoms with Crippen molar-refractivity contribution in [2.45, 2.75) is 46.4 Å². The second-order valence-corrected chi connectivity index (χ2v) is 7.75. The number of benzene rings is 2. The van der Waals surface area contributed by atoms with Crippen molar-refractivity contribution >= 4 is 11.9 Å². The number of allylic oxidation sites excluding steroid dienone is 1. The van der Waals surface area contributed by atoms with Gasteiger partial charge in [0.05, 0.1) is 11.7 Å². The maximum atomic E-state index is 12.9. The molecule has 0 radical (unpaired) electrons. The Balaban J connectivity index is 1.60. The summed E-state index contributed by atoms with van der Waals surface area (Å²) in [6.45, 7) is 8.02. The van der Waals surface area contributed by atoms with Crippen LogP contribution in [0.4, 0.5) is 5.95 Å². The van der Waals surface area contributed by atoms with Crippen LogP contribution in [-0.2, 0) is 16.1 Å². The third-order valence-corrected chi connectivity index (χ3v) is 5.13. The molecular weight excluding hydrogens is 394 g/mol. The molecule has 0 spiro atoms. The largest absolute Gasteiger partial charge is 0.489 e. The highest BCUT2D eigenvalue weighted by molar-refractivity contribution is 5.92. The van der Waals surface area contributed by atoms with Gasteiger partial charge >= 0.3 is 5.97 Å². The van der Waals surface area contributed by atoms with E-state index in [1.165, 1.54) is 5.56 Å². The summed E-state index contributed by atoms with van der Waals surface area (Å²) in [7, 11) is 0. The van der Waals surface area contributed by atoms with E-state index in [2.05, 4.69) is 39.9 Å². The molecule has 0 amide bonds. The number of esters is 1. The lowest BCUT2D eigenvalue weighted by molar-refractivity contribution is -0.143. The first-order valence-electron chi connectivity index (χ1n) is 10.2. The fourth-order valence-corrected chi connectivity index (χ4v) is 3.54. The second-order valence-electron chi connectivity index (χ2n) is 7.75. The first kappa shape index (κ1) is 20.6. The predicted octanol–water partition coefficient (Wildman–Crippen LogP) is 3.80. The molecule has 3 aromatic rings. The van der Waals surface area contributed by atoms with Crippen molar-refractivity contribution in [1.82, 2.24) is 20.2 Å². The fourth-order valence-electron chi connectivity index (χ4n) is 3.54. The quantitative estimate of drug-likeness (QED) is 0.608. The van der Waals surface area contributed by atoms with Crippen molar-refractivity contribution < 1.29 is 14.3 Å². The van der Waals surface area contributed by atoms with Crippen LogP contribution in [0.5, 0.6) is 5.75 Å². The third-order valence-electron chi connectivity index (χ3n) is 5.13. The van der Waals surface area contributed by atoms with Crippen LogP contribution in [0.25, 0.3) is 0 Å². The van der Waals surface area contributed by atoms with Crippen LogP contribution < -0.4 is 10.1 Å². The summed E-state index contributed by atoms with van der Waals surface area (Å²) < 4.78 is 13.0. The zero-order valence-electron chi connectivity index (χ0n) is 18.0. The van der Waals surface area contributed by atoms with Crippen molar-refractivity contribution in [3.05, 3.63) is 76.5 Å². The fraction of sp³-hybridized carbons (Fsp3) is 0.304. The van der Waals surface area contributed by atoms with Crippen LogP contribution >= 0.6 is 0 Å². The highest BCUT2D eigenvalue weighted by Crippen LogP contribution is 2.35. The molecule has 2 heterocycles. The summed E-state index contributed by atoms with van der Waals surface area (Å²) in [6.07, 6.45) is -0.235. The first-order chi connectivity index (χ1) is 14.9. The summed E-state index contributed by atoms with van der Waals surface area (Å²) >= 11 is 0. The van der Waals surface area contributed by atoms with Gasteiger partial charge < -0.3 is 14.8 Å². The topological polar surface area (TPSA) is 91.2 Å². The Morgan fingerprint density at radius 2 is 1.87 bits per heavy atom. The summed E-state index contributed by atoms with van der Waals surface area (Å²) in [5.41, 5.74) is 4.32. The van der Waals surface area contributed by atoms with Gasteiger partial charge in [0.25, 0.3) is 0 Å². The molecule has 8 nitrogen and oxygen atoms in total. The van der Waals surface area contributed by atoms with Crippen LogP contribution in [0, 0.1) is 6.92 Å². The molecule has 1 aliphatic rings. The molecule has 0 aliphatic carbocycles. The van der Waals surface area contributed by atoms with Crippen molar-refractivity contribution in [2.24, 2.45) is 0 Å². The Labute approximate surface area is 180 Å². The van der Waals surface area contributed by atoms with E-state index in [0.717, 1.165) is 16.9 Å². The average molecular weight is 419 g/mol. The van der Waals surface area contributed by atoms with Crippen molar-refractivity contribution in [3.63, 3.8) is 0 Å². The van der Waals surface area contributed by atoms with E-state index in [1.807, 2.05) is 57.2 Å². The highest BCUT2D eigenvalue weighted by atomic mass is 16.5. The van der Waals surface area contributed by atoms with Gasteiger partial charge in [0.1, 0.15) is 18.4 Å². The minimum atomic E-state index is -0.497. The summed E-state index contributed by atoms with van der Waals surface area (Å²) in [5.74, 6) is 0.819. The number of hydrogen-bond donors (Lipinski definition) is 1. The van der Waals surface area contributed by atoms with E-state index in [-0.39, 0.29) is 6.10 Å². The van der Waals surface area contributed by atoms with Gasteiger partial charge in [-0.3, -0.25) is 0 Å². The van der Waals surface area contributed by atoms with Crippen molar-refractivity contribution in [1.29, 1.82) is 0 Å². The van der Waals surface area contributed by atoms with E-state index in [0.29, 0.717) is 23.8 Å². The average Bonchev–Trinajstić information content (AvgIpc) is 3.20. The van der Waals surface area contributed by atoms with Gasteiger partial charge in [-0.15, -0.1) is 0 Å². The Kier molecular flexibility index (Phi) is 5.70. The number of nitrogens with one attached hydrogen (secondary N) is 1. The van der Waals surface area contributed by atoms with E-state index in [1.54, 1.807) is 4.68 Å². The van der Waals surface area contributed by atoms with Gasteiger partial charge in [-0.25, -0.2) is 4.79 Å². The number of fused-ring (bicyclic) bond motifs is 1. The van der Waals surface area contributed by atoms with Gasteiger partial charge in [0, 0.05) is 5.70 Å². The van der Waals surface area contributed by atoms with Crippen LogP contribution in [0.1, 0.15) is 43.5 Å². The molecule has 1 aromatic heterocycles. The number of tetrazole rings is 1. The zero-order valence-corrected chi connectivity index (χ0v) is 18.0. The van der Waals surface area contributed by atoms with Crippen LogP contribution in [-0.4, -0.2) is 32.3 Å². The Morgan fingerprint density at radius 3 is 2.58 bits per heavy atom. The molecule has 1 unspecified atom stereocenters. The molecule has 0 saturated heterocycles. The number of hydrogen-bond acceptors (Lipinski definition) is 7. The molecule has 2 aromatic carbocycles. The normalized spacial score (nSPS) is 15.5. The lowest BCUT2D eigenvalue weighted by Gasteiger charge is -2.28. The first-order valence-corrected chi connectivity index (χ1v) is 10.2. The molecule has 1 aliphatic heterocycles. The van der Waals surface area contributed by atoms with Crippen molar-refractivity contribution in [2.75, 3.05) is 5.32 Å². The van der Waals surface area contributed by atoms with Gasteiger partial charge in [-0.1, -0.05) is 41.5 Å². The summed E-state index contributed by atoms with van der Waals surface area (Å²) in [4.78, 5) is 12.9. The number of rotatable bonds is 6. The van der Waals surface area contributed by atoms with Crippen LogP contribution in [0.3, 0.4) is 0 Å². The lowest BCUT2D eigenvalue weighted by atomic mass is 9.95. The SMILES string of the molecule is CC1=C(C(=O)OC(C)C)C(c2ccc(OCc3ccccc3C)cc2)n2nnnc2N1. The predicted molar refractivity (Wildman–Crippen MR) is 115 cm³/mol. The van der Waals surface area contributed by atoms with Crippen LogP contribution in [0.15, 0.2) is 59.8 Å². The molecule has 160 valence electrons. The minimum Gasteiger partial charge on any atom is -0.489 e. The molecular formula is C23H25N5O3. The Bertz CT molecular complexity index is 1120. The Hall–Kier alpha value is -3.68. The maximum absolute atomic E-state index is 12.9. The monoisotopic (exact) mass is 419 g/mol. The van der Waals surface area contributed by atoms with E-state index in [9.17, 15) is 4.79 Å². The standard InChI is InChI=1S/C23H25N5O3/c1-14(2)31-22(29)20-16(4)24-23-25-26-27-28(23)21(20)17-9-11-19(12-10-17)30-13-18-8-6-5-7-15(18)3/h5-12,14,21H,13H2,1-4H3,(H,24,25,27). The number of carbonyl (C=O) groups is 1. The van der Waals surface area contributed by atoms with E-state index >= 15 is 0 Å². The molecule has 1 N–H and O–H groups in total. The van der Waals surface area contributed by atoms with Gasteiger partial charge in [-0.2, -0.15) is 4.68 Å². The number of carbonyl (C=O) groups excluding carboxylic acids is 1. The number of aromatic nitrogens is 4. The van der Waals surface area contributed by atoms with Gasteiger partial charge in [0.15, 0.2) is 0 Å². The number of aryl methyl sites for hydroxylation is 1. The molecule has 0 saturated carbocycles. The number of ether oxygens (including phenoxy) is 2. The van der Waals surface area contributed by atoms with Gasteiger partial charge in [0.2, 0.25) is 5.95 Å². The number of anilines is 1. The lowest BCUT2D eigenvalue weighted by Crippen LogP contribution is -2.30.